The number of nitrogens with zero attached hydrogens (tertiary/aromatic N) is 2. The molecule has 0 radical (unpaired) electrons. The average Bonchev–Trinajstić information content (AvgIpc) is 2.46. The summed E-state index contributed by atoms with van der Waals surface area (Å²) in [6.45, 7) is 4.69. The average molecular weight is 267 g/mol. The summed E-state index contributed by atoms with van der Waals surface area (Å²) in [6.07, 6.45) is 4.91. The van der Waals surface area contributed by atoms with Crippen molar-refractivity contribution in [3.8, 4) is 0 Å². The van der Waals surface area contributed by atoms with Gasteiger partial charge in [-0.25, -0.2) is 0 Å². The van der Waals surface area contributed by atoms with Crippen molar-refractivity contribution < 1.29 is 0 Å². The van der Waals surface area contributed by atoms with Crippen molar-refractivity contribution in [2.45, 2.75) is 32.5 Å². The lowest BCUT2D eigenvalue weighted by molar-refractivity contribution is 0.167. The third-order valence-corrected chi connectivity index (χ3v) is 4.05. The first-order valence-electron chi connectivity index (χ1n) is 7.17. The fourth-order valence-electron chi connectivity index (χ4n) is 3.00. The largest absolute Gasteiger partial charge is 0.329 e. The maximum atomic E-state index is 5.98. The van der Waals surface area contributed by atoms with E-state index >= 15 is 0 Å². The number of rotatable bonds is 3. The van der Waals surface area contributed by atoms with Gasteiger partial charge in [-0.05, 0) is 35.6 Å². The number of nitrogens with two attached hydrogens (primary N) is 1. The van der Waals surface area contributed by atoms with E-state index in [4.69, 9.17) is 5.73 Å². The van der Waals surface area contributed by atoms with Crippen molar-refractivity contribution in [1.82, 2.24) is 9.88 Å². The highest BCUT2D eigenvalue weighted by molar-refractivity contribution is 5.30. The van der Waals surface area contributed by atoms with Gasteiger partial charge in [0.2, 0.25) is 0 Å². The Hall–Kier alpha value is -1.71. The first-order valence-corrected chi connectivity index (χ1v) is 7.17. The number of aryl methyl sites for hydroxylation is 1. The lowest BCUT2D eigenvalue weighted by atomic mass is 9.93. The summed E-state index contributed by atoms with van der Waals surface area (Å²) in [5.41, 5.74) is 11.3. The van der Waals surface area contributed by atoms with E-state index in [1.165, 1.54) is 22.3 Å². The van der Waals surface area contributed by atoms with Crippen LogP contribution in [0.4, 0.5) is 0 Å². The summed E-state index contributed by atoms with van der Waals surface area (Å²) >= 11 is 0. The summed E-state index contributed by atoms with van der Waals surface area (Å²) in [4.78, 5) is 6.76. The standard InChI is InChI=1S/C17H21N3/c1-13-6-14(10-19-9-13)11-20-12-16-5-3-2-4-15(16)7-17(20)8-18/h2-6,9-10,17H,7-8,11-12,18H2,1H3. The fourth-order valence-corrected chi connectivity index (χ4v) is 3.00. The summed E-state index contributed by atoms with van der Waals surface area (Å²) < 4.78 is 0. The summed E-state index contributed by atoms with van der Waals surface area (Å²) in [6, 6.07) is 11.3. The SMILES string of the molecule is Cc1cncc(CN2Cc3ccccc3CC2CN)c1. The number of benzene rings is 1. The minimum absolute atomic E-state index is 0.422. The number of pyridine rings is 1. The molecule has 0 saturated carbocycles. The van der Waals surface area contributed by atoms with Crippen LogP contribution in [0.5, 0.6) is 0 Å². The molecule has 0 fully saturated rings. The molecule has 2 N–H and O–H groups in total. The summed E-state index contributed by atoms with van der Waals surface area (Å²) in [7, 11) is 0. The molecule has 1 aromatic heterocycles. The maximum Gasteiger partial charge on any atom is 0.0313 e. The van der Waals surface area contributed by atoms with Crippen molar-refractivity contribution in [3.63, 3.8) is 0 Å². The highest BCUT2D eigenvalue weighted by atomic mass is 15.2. The van der Waals surface area contributed by atoms with Gasteiger partial charge in [-0.2, -0.15) is 0 Å². The predicted molar refractivity (Wildman–Crippen MR) is 81.2 cm³/mol. The van der Waals surface area contributed by atoms with E-state index in [2.05, 4.69) is 47.1 Å². The van der Waals surface area contributed by atoms with Gasteiger partial charge in [0.25, 0.3) is 0 Å². The van der Waals surface area contributed by atoms with E-state index in [-0.39, 0.29) is 0 Å². The van der Waals surface area contributed by atoms with E-state index in [1.54, 1.807) is 0 Å². The second-order valence-corrected chi connectivity index (χ2v) is 5.64. The Balaban J connectivity index is 1.82. The van der Waals surface area contributed by atoms with Gasteiger partial charge < -0.3 is 5.73 Å². The van der Waals surface area contributed by atoms with Crippen LogP contribution in [0.2, 0.25) is 0 Å². The van der Waals surface area contributed by atoms with E-state index in [9.17, 15) is 0 Å². The van der Waals surface area contributed by atoms with Crippen LogP contribution in [-0.2, 0) is 19.5 Å². The Morgan fingerprint density at radius 2 is 2.05 bits per heavy atom. The molecule has 0 bridgehead atoms. The zero-order valence-electron chi connectivity index (χ0n) is 11.9. The van der Waals surface area contributed by atoms with Crippen LogP contribution in [0.1, 0.15) is 22.3 Å². The lowest BCUT2D eigenvalue weighted by Gasteiger charge is -2.36. The van der Waals surface area contributed by atoms with Gasteiger partial charge in [0.05, 0.1) is 0 Å². The third-order valence-electron chi connectivity index (χ3n) is 4.05. The Kier molecular flexibility index (Phi) is 3.81. The molecule has 3 heteroatoms. The van der Waals surface area contributed by atoms with Gasteiger partial charge in [-0.3, -0.25) is 9.88 Å². The van der Waals surface area contributed by atoms with Crippen LogP contribution in [0.3, 0.4) is 0 Å². The molecule has 0 amide bonds. The van der Waals surface area contributed by atoms with Gasteiger partial charge >= 0.3 is 0 Å². The predicted octanol–water partition coefficient (Wildman–Crippen LogP) is 2.28. The molecule has 0 saturated heterocycles. The van der Waals surface area contributed by atoms with Crippen LogP contribution in [0, 0.1) is 6.92 Å². The van der Waals surface area contributed by atoms with Crippen molar-refractivity contribution >= 4 is 0 Å². The van der Waals surface area contributed by atoms with Crippen LogP contribution in [0.25, 0.3) is 0 Å². The number of hydrogen-bond donors (Lipinski definition) is 1. The van der Waals surface area contributed by atoms with Crippen LogP contribution in [-0.4, -0.2) is 22.5 Å². The summed E-state index contributed by atoms with van der Waals surface area (Å²) in [5.74, 6) is 0. The molecule has 2 aromatic rings. The normalized spacial score (nSPS) is 18.8. The smallest absolute Gasteiger partial charge is 0.0313 e. The molecule has 1 aliphatic heterocycles. The molecule has 0 aliphatic carbocycles. The first kappa shape index (κ1) is 13.3. The Bertz CT molecular complexity index is 594. The molecule has 1 aliphatic rings. The molecule has 1 unspecified atom stereocenters. The number of fused-ring (bicyclic) bond motifs is 1. The maximum absolute atomic E-state index is 5.98. The van der Waals surface area contributed by atoms with Crippen LogP contribution < -0.4 is 5.73 Å². The minimum Gasteiger partial charge on any atom is -0.329 e. The molecule has 1 aromatic carbocycles. The molecule has 0 spiro atoms. The number of hydrogen-bond acceptors (Lipinski definition) is 3. The lowest BCUT2D eigenvalue weighted by Crippen LogP contribution is -2.44. The van der Waals surface area contributed by atoms with Gasteiger partial charge in [0.15, 0.2) is 0 Å². The molecule has 1 atom stereocenters. The fraction of sp³-hybridized carbons (Fsp3) is 0.353. The second-order valence-electron chi connectivity index (χ2n) is 5.64. The van der Waals surface area contributed by atoms with Crippen LogP contribution in [0.15, 0.2) is 42.7 Å². The highest BCUT2D eigenvalue weighted by Crippen LogP contribution is 2.24. The first-order chi connectivity index (χ1) is 9.76. The zero-order valence-corrected chi connectivity index (χ0v) is 11.9. The second kappa shape index (κ2) is 5.73. The molecule has 2 heterocycles. The van der Waals surface area contributed by atoms with E-state index < -0.39 is 0 Å². The topological polar surface area (TPSA) is 42.2 Å². The minimum atomic E-state index is 0.422. The third kappa shape index (κ3) is 2.74. The Labute approximate surface area is 120 Å². The molecule has 3 nitrogen and oxygen atoms in total. The Morgan fingerprint density at radius 1 is 1.25 bits per heavy atom. The van der Waals surface area contributed by atoms with E-state index in [0.29, 0.717) is 12.6 Å². The van der Waals surface area contributed by atoms with E-state index in [0.717, 1.165) is 19.5 Å². The van der Waals surface area contributed by atoms with Gasteiger partial charge in [0, 0.05) is 38.1 Å². The molecule has 3 rings (SSSR count). The molecule has 20 heavy (non-hydrogen) atoms. The van der Waals surface area contributed by atoms with E-state index in [1.807, 2.05) is 12.4 Å². The van der Waals surface area contributed by atoms with Gasteiger partial charge in [-0.1, -0.05) is 30.3 Å². The monoisotopic (exact) mass is 267 g/mol. The number of aromatic nitrogens is 1. The van der Waals surface area contributed by atoms with Crippen molar-refractivity contribution in [1.29, 1.82) is 0 Å². The quantitative estimate of drug-likeness (QED) is 0.927. The van der Waals surface area contributed by atoms with Crippen molar-refractivity contribution in [2.24, 2.45) is 5.73 Å². The summed E-state index contributed by atoms with van der Waals surface area (Å²) in [5, 5.41) is 0. The van der Waals surface area contributed by atoms with Gasteiger partial charge in [0.1, 0.15) is 0 Å². The van der Waals surface area contributed by atoms with Crippen molar-refractivity contribution in [2.75, 3.05) is 6.54 Å². The zero-order chi connectivity index (χ0) is 13.9. The highest BCUT2D eigenvalue weighted by Gasteiger charge is 2.24. The van der Waals surface area contributed by atoms with Crippen LogP contribution >= 0.6 is 0 Å². The molecular weight excluding hydrogens is 246 g/mol. The van der Waals surface area contributed by atoms with Gasteiger partial charge in [-0.15, -0.1) is 0 Å². The molecular formula is C17H21N3. The Morgan fingerprint density at radius 3 is 2.80 bits per heavy atom. The molecule has 104 valence electrons. The van der Waals surface area contributed by atoms with Crippen molar-refractivity contribution in [3.05, 3.63) is 65.0 Å².